The second kappa shape index (κ2) is 3.28. The Hall–Kier alpha value is -1.19. The number of hydrogen-bond acceptors (Lipinski definition) is 2. The van der Waals surface area contributed by atoms with Gasteiger partial charge >= 0.3 is 0 Å². The third-order valence-electron chi connectivity index (χ3n) is 2.21. The van der Waals surface area contributed by atoms with Crippen molar-refractivity contribution in [3.63, 3.8) is 0 Å². The summed E-state index contributed by atoms with van der Waals surface area (Å²) >= 11 is 0. The summed E-state index contributed by atoms with van der Waals surface area (Å²) in [5, 5.41) is 0. The molecule has 2 nitrogen and oxygen atoms in total. The van der Waals surface area contributed by atoms with Crippen molar-refractivity contribution in [2.75, 3.05) is 24.7 Å². The number of aromatic nitrogens is 1. The van der Waals surface area contributed by atoms with Crippen LogP contribution < -0.4 is 4.90 Å². The van der Waals surface area contributed by atoms with E-state index in [0.717, 1.165) is 0 Å². The van der Waals surface area contributed by atoms with Crippen LogP contribution in [0.1, 0.15) is 0 Å². The Morgan fingerprint density at radius 1 is 1.54 bits per heavy atom. The van der Waals surface area contributed by atoms with E-state index in [4.69, 9.17) is 0 Å². The molecule has 0 saturated carbocycles. The summed E-state index contributed by atoms with van der Waals surface area (Å²) < 4.78 is 25.2. The van der Waals surface area contributed by atoms with Gasteiger partial charge < -0.3 is 4.90 Å². The maximum absolute atomic E-state index is 13.1. The summed E-state index contributed by atoms with van der Waals surface area (Å²) in [7, 11) is 0. The molecule has 0 spiro atoms. The molecule has 4 heteroatoms. The van der Waals surface area contributed by atoms with Crippen LogP contribution in [0.4, 0.5) is 14.6 Å². The Kier molecular flexibility index (Phi) is 2.12. The van der Waals surface area contributed by atoms with Gasteiger partial charge in [0.05, 0.1) is 6.67 Å². The summed E-state index contributed by atoms with van der Waals surface area (Å²) in [6, 6.07) is 2.91. The summed E-state index contributed by atoms with van der Waals surface area (Å²) in [5.74, 6) is 0.0633. The Bertz CT molecular complexity index is 297. The van der Waals surface area contributed by atoms with E-state index in [2.05, 4.69) is 4.98 Å². The number of pyridine rings is 1. The molecule has 2 rings (SSSR count). The van der Waals surface area contributed by atoms with Crippen molar-refractivity contribution in [2.45, 2.75) is 0 Å². The SMILES string of the molecule is FCC1CN(c2ncccc2F)C1. The van der Waals surface area contributed by atoms with E-state index in [-0.39, 0.29) is 18.4 Å². The van der Waals surface area contributed by atoms with Crippen LogP contribution in [-0.4, -0.2) is 24.7 Å². The van der Waals surface area contributed by atoms with Crippen LogP contribution in [-0.2, 0) is 0 Å². The Morgan fingerprint density at radius 3 is 2.92 bits per heavy atom. The summed E-state index contributed by atoms with van der Waals surface area (Å²) in [6.45, 7) is 0.819. The van der Waals surface area contributed by atoms with Gasteiger partial charge in [0.1, 0.15) is 0 Å². The fraction of sp³-hybridized carbons (Fsp3) is 0.444. The van der Waals surface area contributed by atoms with Gasteiger partial charge in [-0.2, -0.15) is 0 Å². The van der Waals surface area contributed by atoms with Gasteiger partial charge in [0.2, 0.25) is 0 Å². The zero-order valence-corrected chi connectivity index (χ0v) is 7.08. The standard InChI is InChI=1S/C9H10F2N2/c10-4-7-5-13(6-7)9-8(11)2-1-3-12-9/h1-3,7H,4-6H2. The van der Waals surface area contributed by atoms with Crippen molar-refractivity contribution in [2.24, 2.45) is 5.92 Å². The average Bonchev–Trinajstić information content (AvgIpc) is 2.06. The van der Waals surface area contributed by atoms with Crippen molar-refractivity contribution in [1.29, 1.82) is 0 Å². The highest BCUT2D eigenvalue weighted by Crippen LogP contribution is 2.24. The first-order valence-corrected chi connectivity index (χ1v) is 4.22. The quantitative estimate of drug-likeness (QED) is 0.694. The van der Waals surface area contributed by atoms with E-state index in [9.17, 15) is 8.78 Å². The van der Waals surface area contributed by atoms with Gasteiger partial charge in [0.25, 0.3) is 0 Å². The zero-order chi connectivity index (χ0) is 9.26. The molecule has 0 aromatic carbocycles. The molecular weight excluding hydrogens is 174 g/mol. The highest BCUT2D eigenvalue weighted by Gasteiger charge is 2.28. The molecule has 1 aliphatic heterocycles. The number of hydrogen-bond donors (Lipinski definition) is 0. The highest BCUT2D eigenvalue weighted by atomic mass is 19.1. The van der Waals surface area contributed by atoms with Crippen LogP contribution in [0.3, 0.4) is 0 Å². The van der Waals surface area contributed by atoms with Gasteiger partial charge in [-0.1, -0.05) is 0 Å². The van der Waals surface area contributed by atoms with Crippen molar-refractivity contribution >= 4 is 5.82 Å². The normalized spacial score (nSPS) is 17.2. The van der Waals surface area contributed by atoms with Crippen molar-refractivity contribution in [1.82, 2.24) is 4.98 Å². The minimum atomic E-state index is -0.334. The fourth-order valence-electron chi connectivity index (χ4n) is 1.45. The van der Waals surface area contributed by atoms with E-state index in [1.165, 1.54) is 6.07 Å². The molecule has 2 heterocycles. The van der Waals surface area contributed by atoms with E-state index in [1.807, 2.05) is 0 Å². The number of nitrogens with zero attached hydrogens (tertiary/aromatic N) is 2. The number of halogens is 2. The fourth-order valence-corrected chi connectivity index (χ4v) is 1.45. The first kappa shape index (κ1) is 8.41. The van der Waals surface area contributed by atoms with Crippen molar-refractivity contribution in [3.05, 3.63) is 24.1 Å². The maximum Gasteiger partial charge on any atom is 0.165 e. The summed E-state index contributed by atoms with van der Waals surface area (Å²) in [6.07, 6.45) is 1.54. The monoisotopic (exact) mass is 184 g/mol. The van der Waals surface area contributed by atoms with Gasteiger partial charge in [0, 0.05) is 25.2 Å². The molecule has 0 radical (unpaired) electrons. The maximum atomic E-state index is 13.1. The third-order valence-corrected chi connectivity index (χ3v) is 2.21. The van der Waals surface area contributed by atoms with Crippen LogP contribution in [0.2, 0.25) is 0 Å². The molecule has 70 valence electrons. The topological polar surface area (TPSA) is 16.1 Å². The Morgan fingerprint density at radius 2 is 2.31 bits per heavy atom. The Labute approximate surface area is 75.2 Å². The second-order valence-corrected chi connectivity index (χ2v) is 3.23. The molecule has 1 fully saturated rings. The smallest absolute Gasteiger partial charge is 0.165 e. The molecule has 0 atom stereocenters. The van der Waals surface area contributed by atoms with Gasteiger partial charge in [0.15, 0.2) is 11.6 Å². The molecule has 1 aromatic heterocycles. The van der Waals surface area contributed by atoms with Crippen LogP contribution in [0.15, 0.2) is 18.3 Å². The number of rotatable bonds is 2. The van der Waals surface area contributed by atoms with Gasteiger partial charge in [-0.3, -0.25) is 4.39 Å². The summed E-state index contributed by atoms with van der Waals surface area (Å²) in [5.41, 5.74) is 0. The molecular formula is C9H10F2N2. The minimum Gasteiger partial charge on any atom is -0.353 e. The molecule has 0 aliphatic carbocycles. The number of alkyl halides is 1. The van der Waals surface area contributed by atoms with Crippen LogP contribution in [0.25, 0.3) is 0 Å². The van der Waals surface area contributed by atoms with Crippen LogP contribution >= 0.6 is 0 Å². The average molecular weight is 184 g/mol. The molecule has 0 bridgehead atoms. The van der Waals surface area contributed by atoms with E-state index in [0.29, 0.717) is 18.9 Å². The highest BCUT2D eigenvalue weighted by molar-refractivity contribution is 5.42. The molecule has 13 heavy (non-hydrogen) atoms. The second-order valence-electron chi connectivity index (χ2n) is 3.23. The van der Waals surface area contributed by atoms with E-state index < -0.39 is 0 Å². The first-order valence-electron chi connectivity index (χ1n) is 4.22. The first-order chi connectivity index (χ1) is 6.31. The van der Waals surface area contributed by atoms with Crippen LogP contribution in [0, 0.1) is 11.7 Å². The minimum absolute atomic E-state index is 0.0569. The van der Waals surface area contributed by atoms with Gasteiger partial charge in [-0.25, -0.2) is 9.37 Å². The van der Waals surface area contributed by atoms with E-state index in [1.54, 1.807) is 17.2 Å². The van der Waals surface area contributed by atoms with E-state index >= 15 is 0 Å². The molecule has 1 aliphatic rings. The van der Waals surface area contributed by atoms with Crippen molar-refractivity contribution in [3.8, 4) is 0 Å². The lowest BCUT2D eigenvalue weighted by Gasteiger charge is -2.38. The lowest BCUT2D eigenvalue weighted by molar-refractivity contribution is 0.302. The number of anilines is 1. The Balaban J connectivity index is 2.07. The lowest BCUT2D eigenvalue weighted by atomic mass is 10.0. The largest absolute Gasteiger partial charge is 0.353 e. The third kappa shape index (κ3) is 1.48. The molecule has 0 N–H and O–H groups in total. The predicted molar refractivity (Wildman–Crippen MR) is 45.9 cm³/mol. The summed E-state index contributed by atoms with van der Waals surface area (Å²) in [4.78, 5) is 5.65. The van der Waals surface area contributed by atoms with Crippen LogP contribution in [0.5, 0.6) is 0 Å². The van der Waals surface area contributed by atoms with Gasteiger partial charge in [-0.15, -0.1) is 0 Å². The zero-order valence-electron chi connectivity index (χ0n) is 7.08. The van der Waals surface area contributed by atoms with Crippen molar-refractivity contribution < 1.29 is 8.78 Å². The molecule has 1 aromatic rings. The molecule has 0 unspecified atom stereocenters. The van der Waals surface area contributed by atoms with Gasteiger partial charge in [-0.05, 0) is 12.1 Å². The lowest BCUT2D eigenvalue weighted by Crippen LogP contribution is -2.48. The molecule has 0 amide bonds. The predicted octanol–water partition coefficient (Wildman–Crippen LogP) is 1.63. The molecule has 1 saturated heterocycles.